The molecule has 3 aromatic rings. The number of fused-ring (bicyclic) bond motifs is 6. The Morgan fingerprint density at radius 1 is 0.550 bits per heavy atom. The molecule has 0 aromatic heterocycles. The quantitative estimate of drug-likeness (QED) is 0.245. The van der Waals surface area contributed by atoms with E-state index < -0.39 is 23.5 Å². The van der Waals surface area contributed by atoms with Gasteiger partial charge in [0.15, 0.2) is 0 Å². The number of halogens is 6. The molecule has 0 bridgehead atoms. The van der Waals surface area contributed by atoms with Crippen LogP contribution in [-0.4, -0.2) is 0 Å². The molecule has 0 saturated carbocycles. The van der Waals surface area contributed by atoms with E-state index in [4.69, 9.17) is 0 Å². The zero-order valence-corrected chi connectivity index (χ0v) is 21.2. The highest BCUT2D eigenvalue weighted by Gasteiger charge is 2.43. The molecule has 2 nitrogen and oxygen atoms in total. The summed E-state index contributed by atoms with van der Waals surface area (Å²) in [4.78, 5) is 0. The molecule has 0 unspecified atom stereocenters. The number of hydrogen-bond acceptors (Lipinski definition) is 2. The summed E-state index contributed by atoms with van der Waals surface area (Å²) in [6.45, 7) is 0. The molecular formula is C32H26F6N2. The lowest BCUT2D eigenvalue weighted by Crippen LogP contribution is -2.32. The minimum atomic E-state index is -4.38. The van der Waals surface area contributed by atoms with Crippen molar-refractivity contribution in [3.8, 4) is 0 Å². The molecular weight excluding hydrogens is 526 g/mol. The Kier molecular flexibility index (Phi) is 5.64. The summed E-state index contributed by atoms with van der Waals surface area (Å²) < 4.78 is 79.0. The molecule has 0 radical (unpaired) electrons. The second kappa shape index (κ2) is 8.91. The number of anilines is 2. The molecule has 0 saturated heterocycles. The van der Waals surface area contributed by atoms with Gasteiger partial charge >= 0.3 is 12.4 Å². The second-order valence-corrected chi connectivity index (χ2v) is 11.2. The van der Waals surface area contributed by atoms with Crippen LogP contribution in [0, 0.1) is 11.8 Å². The van der Waals surface area contributed by atoms with E-state index in [0.717, 1.165) is 70.7 Å². The van der Waals surface area contributed by atoms with E-state index in [-0.39, 0.29) is 35.8 Å². The number of hydrogen-bond donors (Lipinski definition) is 2. The molecule has 206 valence electrons. The second-order valence-electron chi connectivity index (χ2n) is 11.2. The Hall–Kier alpha value is -3.68. The third kappa shape index (κ3) is 4.11. The first-order chi connectivity index (χ1) is 19.1. The van der Waals surface area contributed by atoms with Crippen molar-refractivity contribution in [2.24, 2.45) is 11.8 Å². The predicted octanol–water partition coefficient (Wildman–Crippen LogP) is 9.38. The van der Waals surface area contributed by atoms with Crippen LogP contribution in [0.5, 0.6) is 0 Å². The average Bonchev–Trinajstić information content (AvgIpc) is 3.61. The van der Waals surface area contributed by atoms with Crippen molar-refractivity contribution in [3.05, 3.63) is 118 Å². The van der Waals surface area contributed by atoms with Gasteiger partial charge in [0.2, 0.25) is 0 Å². The van der Waals surface area contributed by atoms with Gasteiger partial charge in [-0.1, -0.05) is 48.6 Å². The van der Waals surface area contributed by atoms with Crippen LogP contribution in [0.3, 0.4) is 0 Å². The van der Waals surface area contributed by atoms with E-state index in [1.165, 1.54) is 0 Å². The SMILES string of the molecule is FC(F)(F)c1ccc([C@H]2Nc3cc4c(cc3[C@H]3C=CC[C@H]32)N[C@H](c2ccc(C(F)(F)F)cc2)[C@@H]2CC=C[C@H]42)cc1. The molecule has 3 aromatic carbocycles. The van der Waals surface area contributed by atoms with Crippen LogP contribution in [0.25, 0.3) is 0 Å². The van der Waals surface area contributed by atoms with Crippen molar-refractivity contribution in [1.29, 1.82) is 0 Å². The molecule has 2 aliphatic heterocycles. The van der Waals surface area contributed by atoms with Crippen molar-refractivity contribution in [3.63, 3.8) is 0 Å². The van der Waals surface area contributed by atoms with E-state index in [2.05, 4.69) is 47.1 Å². The third-order valence-corrected chi connectivity index (χ3v) is 9.04. The molecule has 0 spiro atoms. The fourth-order valence-electron chi connectivity index (χ4n) is 7.10. The monoisotopic (exact) mass is 552 g/mol. The van der Waals surface area contributed by atoms with E-state index in [9.17, 15) is 26.3 Å². The van der Waals surface area contributed by atoms with Crippen LogP contribution >= 0.6 is 0 Å². The molecule has 2 N–H and O–H groups in total. The molecule has 0 fully saturated rings. The number of rotatable bonds is 2. The summed E-state index contributed by atoms with van der Waals surface area (Å²) >= 11 is 0. The Morgan fingerprint density at radius 2 is 0.925 bits per heavy atom. The lowest BCUT2D eigenvalue weighted by atomic mass is 9.73. The van der Waals surface area contributed by atoms with Gasteiger partial charge in [-0.2, -0.15) is 26.3 Å². The number of benzene rings is 3. The van der Waals surface area contributed by atoms with E-state index in [0.29, 0.717) is 0 Å². The zero-order chi connectivity index (χ0) is 27.8. The number of allylic oxidation sites excluding steroid dienone is 4. The van der Waals surface area contributed by atoms with Gasteiger partial charge in [-0.25, -0.2) is 0 Å². The van der Waals surface area contributed by atoms with Crippen LogP contribution in [-0.2, 0) is 12.4 Å². The van der Waals surface area contributed by atoms with E-state index in [1.807, 2.05) is 0 Å². The largest absolute Gasteiger partial charge is 0.416 e. The Labute approximate surface area is 227 Å². The smallest absolute Gasteiger partial charge is 0.378 e. The van der Waals surface area contributed by atoms with Crippen molar-refractivity contribution in [2.45, 2.75) is 49.1 Å². The Morgan fingerprint density at radius 3 is 1.27 bits per heavy atom. The van der Waals surface area contributed by atoms with Gasteiger partial charge in [0, 0.05) is 23.2 Å². The van der Waals surface area contributed by atoms with Crippen molar-refractivity contribution in [1.82, 2.24) is 0 Å². The summed E-state index contributed by atoms with van der Waals surface area (Å²) in [6, 6.07) is 15.0. The maximum atomic E-state index is 13.2. The number of nitrogens with one attached hydrogen (secondary N) is 2. The van der Waals surface area contributed by atoms with Crippen LogP contribution in [0.2, 0.25) is 0 Å². The minimum absolute atomic E-state index is 0.108. The summed E-state index contributed by atoms with van der Waals surface area (Å²) in [5, 5.41) is 7.31. The molecule has 6 atom stereocenters. The molecule has 40 heavy (non-hydrogen) atoms. The maximum absolute atomic E-state index is 13.2. The fraction of sp³-hybridized carbons (Fsp3) is 0.312. The third-order valence-electron chi connectivity index (χ3n) is 9.04. The highest BCUT2D eigenvalue weighted by atomic mass is 19.4. The minimum Gasteiger partial charge on any atom is -0.378 e. The first-order valence-electron chi connectivity index (χ1n) is 13.5. The summed E-state index contributed by atoms with van der Waals surface area (Å²) in [7, 11) is 0. The Balaban J connectivity index is 1.24. The normalized spacial score (nSPS) is 28.2. The molecule has 4 aliphatic rings. The lowest BCUT2D eigenvalue weighted by Gasteiger charge is -2.42. The van der Waals surface area contributed by atoms with Crippen molar-refractivity contribution < 1.29 is 26.3 Å². The Bertz CT molecular complexity index is 1390. The van der Waals surface area contributed by atoms with Gasteiger partial charge in [-0.3, -0.25) is 0 Å². The molecule has 8 heteroatoms. The summed E-state index contributed by atoms with van der Waals surface area (Å²) in [5.41, 5.74) is 4.55. The number of alkyl halides is 6. The maximum Gasteiger partial charge on any atom is 0.416 e. The average molecular weight is 553 g/mol. The van der Waals surface area contributed by atoms with Crippen LogP contribution < -0.4 is 10.6 Å². The first-order valence-corrected chi connectivity index (χ1v) is 13.5. The van der Waals surface area contributed by atoms with E-state index in [1.54, 1.807) is 24.3 Å². The van der Waals surface area contributed by atoms with Crippen LogP contribution in [0.1, 0.15) is 70.1 Å². The van der Waals surface area contributed by atoms with Gasteiger partial charge in [0.05, 0.1) is 23.2 Å². The van der Waals surface area contributed by atoms with Crippen LogP contribution in [0.15, 0.2) is 85.0 Å². The van der Waals surface area contributed by atoms with Crippen LogP contribution in [0.4, 0.5) is 37.7 Å². The highest BCUT2D eigenvalue weighted by Crippen LogP contribution is 2.55. The standard InChI is InChI=1S/C32H26F6N2/c33-31(34,35)19-11-7-17(8-12-19)29-23-5-1-3-21(23)25-15-28-26(16-27(25)39-29)22-4-2-6-24(22)30(40-28)18-9-13-20(14-10-18)32(36,37)38/h1-4,7-16,21-24,29-30,39-40H,5-6H2/t21-,22-,23+,24+,29+,30+/m0/s1. The van der Waals surface area contributed by atoms with Crippen molar-refractivity contribution >= 4 is 11.4 Å². The lowest BCUT2D eigenvalue weighted by molar-refractivity contribution is -0.138. The highest BCUT2D eigenvalue weighted by molar-refractivity contribution is 5.72. The van der Waals surface area contributed by atoms with Gasteiger partial charge in [-0.15, -0.1) is 0 Å². The summed E-state index contributed by atoms with van der Waals surface area (Å²) in [6.07, 6.45) is 1.51. The zero-order valence-electron chi connectivity index (χ0n) is 21.2. The van der Waals surface area contributed by atoms with Crippen molar-refractivity contribution in [2.75, 3.05) is 10.6 Å². The first kappa shape index (κ1) is 25.3. The van der Waals surface area contributed by atoms with Gasteiger partial charge in [0.1, 0.15) is 0 Å². The van der Waals surface area contributed by atoms with Gasteiger partial charge in [0.25, 0.3) is 0 Å². The van der Waals surface area contributed by atoms with E-state index >= 15 is 0 Å². The topological polar surface area (TPSA) is 24.1 Å². The fourth-order valence-corrected chi connectivity index (χ4v) is 7.10. The summed E-state index contributed by atoms with van der Waals surface area (Å²) in [5.74, 6) is 0.542. The molecule has 2 aliphatic carbocycles. The molecule has 0 amide bonds. The van der Waals surface area contributed by atoms with Gasteiger partial charge in [-0.05, 0) is 83.3 Å². The predicted molar refractivity (Wildman–Crippen MR) is 142 cm³/mol. The molecule has 2 heterocycles. The molecule has 7 rings (SSSR count). The van der Waals surface area contributed by atoms with Gasteiger partial charge < -0.3 is 10.6 Å².